The summed E-state index contributed by atoms with van der Waals surface area (Å²) in [6.45, 7) is 10.8. The van der Waals surface area contributed by atoms with Crippen LogP contribution in [-0.2, 0) is 4.79 Å². The average Bonchev–Trinajstić information content (AvgIpc) is 1.85. The van der Waals surface area contributed by atoms with Gasteiger partial charge in [0, 0.05) is 24.5 Å². The van der Waals surface area contributed by atoms with Crippen LogP contribution in [0.3, 0.4) is 0 Å². The Hall–Kier alpha value is -0.370. The first-order valence-corrected chi connectivity index (χ1v) is 4.71. The van der Waals surface area contributed by atoms with E-state index in [1.807, 2.05) is 0 Å². The smallest absolute Gasteiger partial charge is 0.121 e. The lowest BCUT2D eigenvalue weighted by Gasteiger charge is -2.35. The van der Waals surface area contributed by atoms with Crippen molar-refractivity contribution in [3.05, 3.63) is 0 Å². The van der Waals surface area contributed by atoms with Crippen LogP contribution < -0.4 is 0 Å². The molecule has 0 fully saturated rings. The van der Waals surface area contributed by atoms with E-state index in [0.29, 0.717) is 24.5 Å². The summed E-state index contributed by atoms with van der Waals surface area (Å²) in [4.78, 5) is 12.7. The van der Waals surface area contributed by atoms with Gasteiger partial charge in [-0.05, 0) is 34.6 Å². The van der Waals surface area contributed by atoms with Crippen molar-refractivity contribution in [3.8, 4) is 0 Å². The van der Waals surface area contributed by atoms with Crippen LogP contribution in [0.15, 0.2) is 0 Å². The lowest BCUT2D eigenvalue weighted by Crippen LogP contribution is -2.43. The summed E-state index contributed by atoms with van der Waals surface area (Å²) in [5, 5.41) is 0. The van der Waals surface area contributed by atoms with Crippen molar-refractivity contribution in [3.63, 3.8) is 0 Å². The van der Waals surface area contributed by atoms with Gasteiger partial charge in [-0.1, -0.05) is 0 Å². The summed E-state index contributed by atoms with van der Waals surface area (Å²) in [6, 6.07) is 1.39. The van der Waals surface area contributed by atoms with Crippen molar-refractivity contribution in [1.82, 2.24) is 4.90 Å². The van der Waals surface area contributed by atoms with E-state index in [0.717, 1.165) is 6.29 Å². The summed E-state index contributed by atoms with van der Waals surface area (Å²) in [5.41, 5.74) is 0. The van der Waals surface area contributed by atoms with Crippen molar-refractivity contribution in [2.75, 3.05) is 0 Å². The number of rotatable bonds is 5. The van der Waals surface area contributed by atoms with Gasteiger partial charge in [0.15, 0.2) is 0 Å². The number of carbonyl (C=O) groups excluding carboxylic acids is 1. The summed E-state index contributed by atoms with van der Waals surface area (Å²) in [6.07, 6.45) is 1.64. The normalized spacial score (nSPS) is 14.3. The highest BCUT2D eigenvalue weighted by atomic mass is 16.1. The molecule has 0 aliphatic rings. The Morgan fingerprint density at radius 1 is 1.08 bits per heavy atom. The molecule has 0 bridgehead atoms. The molecule has 0 amide bonds. The highest BCUT2D eigenvalue weighted by Gasteiger charge is 2.19. The minimum absolute atomic E-state index is 0.363. The van der Waals surface area contributed by atoms with Gasteiger partial charge in [0.1, 0.15) is 6.29 Å². The highest BCUT2D eigenvalue weighted by Crippen LogP contribution is 2.11. The molecule has 2 heteroatoms. The molecule has 0 aromatic carbocycles. The summed E-state index contributed by atoms with van der Waals surface area (Å²) < 4.78 is 0. The largest absolute Gasteiger partial charge is 0.303 e. The zero-order valence-corrected chi connectivity index (χ0v) is 8.87. The Morgan fingerprint density at radius 2 is 1.50 bits per heavy atom. The van der Waals surface area contributed by atoms with Crippen LogP contribution in [0.4, 0.5) is 0 Å². The zero-order valence-electron chi connectivity index (χ0n) is 8.87. The van der Waals surface area contributed by atoms with E-state index < -0.39 is 0 Å². The van der Waals surface area contributed by atoms with Gasteiger partial charge >= 0.3 is 0 Å². The number of nitrogens with zero attached hydrogens (tertiary/aromatic N) is 1. The first-order chi connectivity index (χ1) is 5.50. The molecule has 0 spiro atoms. The third-order valence-corrected chi connectivity index (χ3v) is 2.14. The average molecular weight is 171 g/mol. The molecule has 0 rings (SSSR count). The lowest BCUT2D eigenvalue weighted by atomic mass is 10.1. The minimum Gasteiger partial charge on any atom is -0.303 e. The van der Waals surface area contributed by atoms with Gasteiger partial charge in [-0.3, -0.25) is 4.90 Å². The van der Waals surface area contributed by atoms with Crippen LogP contribution in [0.1, 0.15) is 41.0 Å². The van der Waals surface area contributed by atoms with Gasteiger partial charge < -0.3 is 4.79 Å². The van der Waals surface area contributed by atoms with Crippen molar-refractivity contribution < 1.29 is 4.79 Å². The molecule has 0 saturated carbocycles. The summed E-state index contributed by atoms with van der Waals surface area (Å²) in [7, 11) is 0. The Balaban J connectivity index is 4.18. The number of hydrogen-bond donors (Lipinski definition) is 0. The molecular formula is C10H21NO. The Bertz CT molecular complexity index is 124. The molecule has 0 aliphatic heterocycles. The second kappa shape index (κ2) is 5.31. The Morgan fingerprint density at radius 3 is 1.75 bits per heavy atom. The van der Waals surface area contributed by atoms with Gasteiger partial charge in [0.2, 0.25) is 0 Å². The minimum atomic E-state index is 0.363. The van der Waals surface area contributed by atoms with E-state index >= 15 is 0 Å². The third-order valence-electron chi connectivity index (χ3n) is 2.14. The Labute approximate surface area is 75.9 Å². The van der Waals surface area contributed by atoms with Gasteiger partial charge in [-0.15, -0.1) is 0 Å². The first kappa shape index (κ1) is 11.6. The maximum absolute atomic E-state index is 10.3. The predicted octanol–water partition coefficient (Wildman–Crippen LogP) is 2.08. The van der Waals surface area contributed by atoms with E-state index in [1.54, 1.807) is 0 Å². The van der Waals surface area contributed by atoms with Gasteiger partial charge in [0.05, 0.1) is 0 Å². The van der Waals surface area contributed by atoms with E-state index in [1.165, 1.54) is 0 Å². The third kappa shape index (κ3) is 3.35. The fourth-order valence-electron chi connectivity index (χ4n) is 1.88. The topological polar surface area (TPSA) is 20.3 Å². The summed E-state index contributed by atoms with van der Waals surface area (Å²) >= 11 is 0. The molecule has 0 saturated heterocycles. The quantitative estimate of drug-likeness (QED) is 0.590. The number of hydrogen-bond acceptors (Lipinski definition) is 2. The van der Waals surface area contributed by atoms with E-state index in [-0.39, 0.29) is 0 Å². The molecule has 0 radical (unpaired) electrons. The molecule has 0 aliphatic carbocycles. The number of aldehydes is 1. The van der Waals surface area contributed by atoms with E-state index in [2.05, 4.69) is 39.5 Å². The molecule has 0 aromatic rings. The maximum Gasteiger partial charge on any atom is 0.121 e. The highest BCUT2D eigenvalue weighted by molar-refractivity contribution is 5.50. The second-order valence-electron chi connectivity index (χ2n) is 3.89. The van der Waals surface area contributed by atoms with Gasteiger partial charge in [-0.2, -0.15) is 0 Å². The fourth-order valence-corrected chi connectivity index (χ4v) is 1.88. The SMILES string of the molecule is CC(C)N(C(C)C)C(C)CC=O. The van der Waals surface area contributed by atoms with Crippen molar-refractivity contribution in [2.45, 2.75) is 59.2 Å². The Kier molecular flexibility index (Phi) is 5.14. The standard InChI is InChI=1S/C10H21NO/c1-8(2)11(9(3)4)10(5)6-7-12/h7-10H,6H2,1-5H3. The van der Waals surface area contributed by atoms with Crippen LogP contribution in [0, 0.1) is 0 Å². The van der Waals surface area contributed by atoms with E-state index in [4.69, 9.17) is 0 Å². The number of carbonyl (C=O) groups is 1. The molecular weight excluding hydrogens is 150 g/mol. The molecule has 72 valence electrons. The first-order valence-electron chi connectivity index (χ1n) is 4.71. The molecule has 0 N–H and O–H groups in total. The van der Waals surface area contributed by atoms with Crippen LogP contribution in [-0.4, -0.2) is 29.3 Å². The molecule has 12 heavy (non-hydrogen) atoms. The maximum atomic E-state index is 10.3. The van der Waals surface area contributed by atoms with Crippen molar-refractivity contribution >= 4 is 6.29 Å². The molecule has 1 atom stereocenters. The van der Waals surface area contributed by atoms with Crippen molar-refractivity contribution in [2.24, 2.45) is 0 Å². The zero-order chi connectivity index (χ0) is 9.72. The van der Waals surface area contributed by atoms with Crippen molar-refractivity contribution in [1.29, 1.82) is 0 Å². The molecule has 1 unspecified atom stereocenters. The van der Waals surface area contributed by atoms with Crippen LogP contribution >= 0.6 is 0 Å². The molecule has 0 heterocycles. The van der Waals surface area contributed by atoms with E-state index in [9.17, 15) is 4.79 Å². The predicted molar refractivity (Wildman–Crippen MR) is 52.3 cm³/mol. The monoisotopic (exact) mass is 171 g/mol. The summed E-state index contributed by atoms with van der Waals surface area (Å²) in [5.74, 6) is 0. The lowest BCUT2D eigenvalue weighted by molar-refractivity contribution is -0.109. The van der Waals surface area contributed by atoms with Crippen LogP contribution in [0.25, 0.3) is 0 Å². The molecule has 0 aromatic heterocycles. The molecule has 2 nitrogen and oxygen atoms in total. The van der Waals surface area contributed by atoms with Crippen LogP contribution in [0.2, 0.25) is 0 Å². The van der Waals surface area contributed by atoms with Crippen LogP contribution in [0.5, 0.6) is 0 Å². The fraction of sp³-hybridized carbons (Fsp3) is 0.900. The van der Waals surface area contributed by atoms with Gasteiger partial charge in [0.25, 0.3) is 0 Å². The second-order valence-corrected chi connectivity index (χ2v) is 3.89. The van der Waals surface area contributed by atoms with Gasteiger partial charge in [-0.25, -0.2) is 0 Å².